The maximum absolute atomic E-state index is 12.2. The molecular weight excluding hydrogens is 415 g/mol. The fourth-order valence-corrected chi connectivity index (χ4v) is 2.63. The predicted molar refractivity (Wildman–Crippen MR) is 94.0 cm³/mol. The molecule has 2 aromatic carbocycles. The van der Waals surface area contributed by atoms with Gasteiger partial charge in [-0.25, -0.2) is 0 Å². The maximum atomic E-state index is 12.2. The summed E-state index contributed by atoms with van der Waals surface area (Å²) in [4.78, 5) is 12.2. The molecule has 0 aliphatic carbocycles. The fraction of sp³-hybridized carbons (Fsp3) is 0.125. The van der Waals surface area contributed by atoms with E-state index in [1.165, 1.54) is 0 Å². The van der Waals surface area contributed by atoms with Gasteiger partial charge in [0.15, 0.2) is 6.10 Å². The molecule has 112 valence electrons. The van der Waals surface area contributed by atoms with Crippen molar-refractivity contribution in [2.75, 3.05) is 5.32 Å². The molecule has 1 N–H and O–H groups in total. The molecule has 4 nitrogen and oxygen atoms in total. The van der Waals surface area contributed by atoms with Crippen LogP contribution in [0.15, 0.2) is 42.5 Å². The summed E-state index contributed by atoms with van der Waals surface area (Å²) in [7, 11) is 0. The van der Waals surface area contributed by atoms with Crippen LogP contribution in [-0.4, -0.2) is 12.0 Å². The van der Waals surface area contributed by atoms with Gasteiger partial charge in [0.25, 0.3) is 5.91 Å². The highest BCUT2D eigenvalue weighted by molar-refractivity contribution is 14.1. The topological polar surface area (TPSA) is 62.1 Å². The summed E-state index contributed by atoms with van der Waals surface area (Å²) in [6.45, 7) is 1.62. The SMILES string of the molecule is CC(Oc1ccccc1C#N)C(=O)Nc1ccc(I)cc1Cl. The van der Waals surface area contributed by atoms with Crippen molar-refractivity contribution in [3.63, 3.8) is 0 Å². The van der Waals surface area contributed by atoms with Crippen LogP contribution in [0, 0.1) is 14.9 Å². The lowest BCUT2D eigenvalue weighted by atomic mass is 10.2. The number of amides is 1. The van der Waals surface area contributed by atoms with Gasteiger partial charge in [0.05, 0.1) is 16.3 Å². The number of ether oxygens (including phenoxy) is 1. The second-order valence-electron chi connectivity index (χ2n) is 4.48. The van der Waals surface area contributed by atoms with Gasteiger partial charge in [0.1, 0.15) is 11.8 Å². The van der Waals surface area contributed by atoms with E-state index in [1.54, 1.807) is 43.3 Å². The molecule has 6 heteroatoms. The highest BCUT2D eigenvalue weighted by Crippen LogP contribution is 2.24. The Morgan fingerprint density at radius 2 is 2.09 bits per heavy atom. The first-order chi connectivity index (χ1) is 10.5. The molecule has 2 rings (SSSR count). The van der Waals surface area contributed by atoms with Crippen LogP contribution >= 0.6 is 34.2 Å². The largest absolute Gasteiger partial charge is 0.480 e. The molecular formula is C16H12ClIN2O2. The van der Waals surface area contributed by atoms with Gasteiger partial charge in [-0.2, -0.15) is 5.26 Å². The number of hydrogen-bond acceptors (Lipinski definition) is 3. The van der Waals surface area contributed by atoms with Crippen molar-refractivity contribution in [3.8, 4) is 11.8 Å². The zero-order valence-electron chi connectivity index (χ0n) is 11.6. The molecule has 2 aromatic rings. The number of nitrogens with zero attached hydrogens (tertiary/aromatic N) is 1. The average molecular weight is 427 g/mol. The Kier molecular flexibility index (Phi) is 5.63. The lowest BCUT2D eigenvalue weighted by Gasteiger charge is -2.16. The number of carbonyl (C=O) groups excluding carboxylic acids is 1. The van der Waals surface area contributed by atoms with Crippen LogP contribution in [0.5, 0.6) is 5.75 Å². The summed E-state index contributed by atoms with van der Waals surface area (Å²) in [5, 5.41) is 12.2. The van der Waals surface area contributed by atoms with Crippen molar-refractivity contribution in [2.24, 2.45) is 0 Å². The smallest absolute Gasteiger partial charge is 0.265 e. The van der Waals surface area contributed by atoms with Crippen molar-refractivity contribution in [1.29, 1.82) is 5.26 Å². The van der Waals surface area contributed by atoms with Crippen molar-refractivity contribution in [3.05, 3.63) is 56.6 Å². The van der Waals surface area contributed by atoms with Gasteiger partial charge in [0, 0.05) is 3.57 Å². The Morgan fingerprint density at radius 1 is 1.36 bits per heavy atom. The number of rotatable bonds is 4. The standard InChI is InChI=1S/C16H12ClIN2O2/c1-10(22-15-5-3-2-4-11(15)9-19)16(21)20-14-7-6-12(18)8-13(14)17/h2-8,10H,1H3,(H,20,21). The van der Waals surface area contributed by atoms with Crippen molar-refractivity contribution in [1.82, 2.24) is 0 Å². The molecule has 0 saturated carbocycles. The first-order valence-corrected chi connectivity index (χ1v) is 7.88. The van der Waals surface area contributed by atoms with Crippen molar-refractivity contribution in [2.45, 2.75) is 13.0 Å². The van der Waals surface area contributed by atoms with E-state index in [9.17, 15) is 4.79 Å². The van der Waals surface area contributed by atoms with Crippen molar-refractivity contribution < 1.29 is 9.53 Å². The van der Waals surface area contributed by atoms with Crippen LogP contribution in [0.4, 0.5) is 5.69 Å². The summed E-state index contributed by atoms with van der Waals surface area (Å²) < 4.78 is 6.53. The van der Waals surface area contributed by atoms with E-state index in [0.717, 1.165) is 3.57 Å². The van der Waals surface area contributed by atoms with E-state index in [2.05, 4.69) is 27.9 Å². The lowest BCUT2D eigenvalue weighted by Crippen LogP contribution is -2.30. The van der Waals surface area contributed by atoms with Crippen LogP contribution < -0.4 is 10.1 Å². The predicted octanol–water partition coefficient (Wildman–Crippen LogP) is 4.22. The Balaban J connectivity index is 2.08. The number of nitriles is 1. The van der Waals surface area contributed by atoms with Gasteiger partial charge >= 0.3 is 0 Å². The van der Waals surface area contributed by atoms with Gasteiger partial charge < -0.3 is 10.1 Å². The first-order valence-electron chi connectivity index (χ1n) is 6.43. The summed E-state index contributed by atoms with van der Waals surface area (Å²) in [5.74, 6) is 0.0391. The summed E-state index contributed by atoms with van der Waals surface area (Å²) in [6.07, 6.45) is -0.759. The zero-order valence-corrected chi connectivity index (χ0v) is 14.6. The molecule has 0 aromatic heterocycles. The number of benzene rings is 2. The monoisotopic (exact) mass is 426 g/mol. The van der Waals surface area contributed by atoms with Gasteiger partial charge in [-0.1, -0.05) is 23.7 Å². The number of hydrogen-bond donors (Lipinski definition) is 1. The van der Waals surface area contributed by atoms with Crippen LogP contribution in [0.1, 0.15) is 12.5 Å². The maximum Gasteiger partial charge on any atom is 0.265 e. The minimum atomic E-state index is -0.759. The van der Waals surface area contributed by atoms with Crippen LogP contribution in [-0.2, 0) is 4.79 Å². The van der Waals surface area contributed by atoms with E-state index >= 15 is 0 Å². The quantitative estimate of drug-likeness (QED) is 0.745. The number of carbonyl (C=O) groups is 1. The van der Waals surface area contributed by atoms with Crippen molar-refractivity contribution >= 4 is 45.8 Å². The number of halogens is 2. The van der Waals surface area contributed by atoms with E-state index in [0.29, 0.717) is 22.0 Å². The van der Waals surface area contributed by atoms with E-state index in [1.807, 2.05) is 12.1 Å². The molecule has 0 radical (unpaired) electrons. The second kappa shape index (κ2) is 7.47. The van der Waals surface area contributed by atoms with Gasteiger partial charge in [-0.05, 0) is 59.8 Å². The Morgan fingerprint density at radius 3 is 2.77 bits per heavy atom. The van der Waals surface area contributed by atoms with Crippen LogP contribution in [0.2, 0.25) is 5.02 Å². The highest BCUT2D eigenvalue weighted by Gasteiger charge is 2.17. The lowest BCUT2D eigenvalue weighted by molar-refractivity contribution is -0.122. The average Bonchev–Trinajstić information content (AvgIpc) is 2.50. The van der Waals surface area contributed by atoms with Crippen LogP contribution in [0.3, 0.4) is 0 Å². The summed E-state index contributed by atoms with van der Waals surface area (Å²) in [6, 6.07) is 14.1. The molecule has 0 bridgehead atoms. The summed E-state index contributed by atoms with van der Waals surface area (Å²) in [5.41, 5.74) is 0.908. The molecule has 0 aliphatic heterocycles. The minimum absolute atomic E-state index is 0.337. The molecule has 22 heavy (non-hydrogen) atoms. The number of para-hydroxylation sites is 1. The number of nitrogens with one attached hydrogen (secondary N) is 1. The third kappa shape index (κ3) is 4.12. The van der Waals surface area contributed by atoms with Crippen LogP contribution in [0.25, 0.3) is 0 Å². The second-order valence-corrected chi connectivity index (χ2v) is 6.13. The zero-order chi connectivity index (χ0) is 16.1. The number of anilines is 1. The third-order valence-corrected chi connectivity index (χ3v) is 3.85. The van der Waals surface area contributed by atoms with E-state index in [-0.39, 0.29) is 5.91 Å². The minimum Gasteiger partial charge on any atom is -0.480 e. The van der Waals surface area contributed by atoms with E-state index in [4.69, 9.17) is 21.6 Å². The highest BCUT2D eigenvalue weighted by atomic mass is 127. The normalized spacial score (nSPS) is 11.4. The van der Waals surface area contributed by atoms with Gasteiger partial charge in [0.2, 0.25) is 0 Å². The molecule has 0 spiro atoms. The molecule has 1 amide bonds. The Hall–Kier alpha value is -1.78. The Labute approximate surface area is 147 Å². The fourth-order valence-electron chi connectivity index (χ4n) is 1.73. The molecule has 1 unspecified atom stereocenters. The third-order valence-electron chi connectivity index (χ3n) is 2.87. The molecule has 1 atom stereocenters. The Bertz CT molecular complexity index is 743. The van der Waals surface area contributed by atoms with Gasteiger partial charge in [-0.3, -0.25) is 4.79 Å². The first kappa shape index (κ1) is 16.6. The van der Waals surface area contributed by atoms with E-state index < -0.39 is 6.10 Å². The van der Waals surface area contributed by atoms with Gasteiger partial charge in [-0.15, -0.1) is 0 Å². The molecule has 0 heterocycles. The molecule has 0 aliphatic rings. The molecule has 0 fully saturated rings. The molecule has 0 saturated heterocycles. The summed E-state index contributed by atoms with van der Waals surface area (Å²) >= 11 is 8.22.